The monoisotopic (exact) mass is 421 g/mol. The number of carbonyl (C=O) groups is 1. The highest BCUT2D eigenvalue weighted by atomic mass is 35.5. The zero-order valence-electron chi connectivity index (χ0n) is 14.1. The van der Waals surface area contributed by atoms with Crippen molar-refractivity contribution in [2.24, 2.45) is 17.3 Å². The molecule has 2 heterocycles. The third kappa shape index (κ3) is 4.07. The zero-order chi connectivity index (χ0) is 18.4. The highest BCUT2D eigenvalue weighted by molar-refractivity contribution is 7.91. The van der Waals surface area contributed by atoms with Crippen LogP contribution in [-0.4, -0.2) is 36.8 Å². The van der Waals surface area contributed by atoms with Gasteiger partial charge in [0, 0.05) is 10.9 Å². The number of carbonyl (C=O) groups excluding carboxylic acids is 1. The average molecular weight is 422 g/mol. The van der Waals surface area contributed by atoms with Crippen LogP contribution < -0.4 is 0 Å². The summed E-state index contributed by atoms with van der Waals surface area (Å²) in [4.78, 5) is 16.1. The molecule has 1 aromatic rings. The van der Waals surface area contributed by atoms with Crippen LogP contribution in [0.5, 0.6) is 0 Å². The van der Waals surface area contributed by atoms with Crippen molar-refractivity contribution < 1.29 is 13.2 Å². The molecule has 8 heteroatoms. The standard InChI is InChI=1S/C17H21Cl2NO3S2/c1-17(2)13(8-14(18)19)15(17)16(21)20(9-12-4-3-6-24-12)11-5-7-25(22,23)10-11/h3-4,6,8,11,13,15H,5,7,9-10H2,1-2H3/t11-,13-,15+/m1/s1. The van der Waals surface area contributed by atoms with Gasteiger partial charge in [-0.05, 0) is 35.3 Å². The number of allylic oxidation sites excluding steroid dienone is 1. The van der Waals surface area contributed by atoms with Gasteiger partial charge in [0.25, 0.3) is 0 Å². The van der Waals surface area contributed by atoms with E-state index in [0.29, 0.717) is 13.0 Å². The Hall–Kier alpha value is -0.560. The van der Waals surface area contributed by atoms with Crippen molar-refractivity contribution in [2.45, 2.75) is 32.9 Å². The number of hydrogen-bond acceptors (Lipinski definition) is 4. The summed E-state index contributed by atoms with van der Waals surface area (Å²) in [7, 11) is -3.06. The molecule has 1 amide bonds. The fraction of sp³-hybridized carbons (Fsp3) is 0.588. The number of hydrogen-bond donors (Lipinski definition) is 0. The second-order valence-corrected chi connectivity index (χ2v) is 11.7. The molecular formula is C17H21Cl2NO3S2. The minimum absolute atomic E-state index is 0.00340. The third-order valence-electron chi connectivity index (χ3n) is 5.32. The summed E-state index contributed by atoms with van der Waals surface area (Å²) in [6.07, 6.45) is 2.23. The summed E-state index contributed by atoms with van der Waals surface area (Å²) in [5, 5.41) is 1.96. The molecular weight excluding hydrogens is 401 g/mol. The van der Waals surface area contributed by atoms with Gasteiger partial charge in [-0.2, -0.15) is 0 Å². The van der Waals surface area contributed by atoms with Crippen LogP contribution in [-0.2, 0) is 21.2 Å². The number of nitrogens with zero attached hydrogens (tertiary/aromatic N) is 1. The fourth-order valence-electron chi connectivity index (χ4n) is 3.75. The molecule has 1 aliphatic carbocycles. The van der Waals surface area contributed by atoms with Crippen molar-refractivity contribution in [3.05, 3.63) is 33.0 Å². The van der Waals surface area contributed by atoms with Gasteiger partial charge in [0.1, 0.15) is 4.49 Å². The molecule has 1 saturated heterocycles. The van der Waals surface area contributed by atoms with Gasteiger partial charge in [-0.15, -0.1) is 11.3 Å². The van der Waals surface area contributed by atoms with Gasteiger partial charge in [0.05, 0.1) is 24.0 Å². The number of rotatable bonds is 5. The Morgan fingerprint density at radius 2 is 2.16 bits per heavy atom. The second kappa shape index (κ2) is 6.87. The normalized spacial score (nSPS) is 29.2. The van der Waals surface area contributed by atoms with E-state index in [1.165, 1.54) is 0 Å². The summed E-state index contributed by atoms with van der Waals surface area (Å²) >= 11 is 13.2. The van der Waals surface area contributed by atoms with Crippen LogP contribution in [0.2, 0.25) is 0 Å². The first-order valence-electron chi connectivity index (χ1n) is 8.18. The molecule has 2 aliphatic rings. The van der Waals surface area contributed by atoms with E-state index in [1.54, 1.807) is 22.3 Å². The van der Waals surface area contributed by atoms with Crippen molar-refractivity contribution in [3.8, 4) is 0 Å². The molecule has 138 valence electrons. The molecule has 25 heavy (non-hydrogen) atoms. The van der Waals surface area contributed by atoms with E-state index in [0.717, 1.165) is 4.88 Å². The lowest BCUT2D eigenvalue weighted by atomic mass is 10.1. The summed E-state index contributed by atoms with van der Waals surface area (Å²) in [5.41, 5.74) is -0.225. The summed E-state index contributed by atoms with van der Waals surface area (Å²) in [5.74, 6) is -0.0430. The van der Waals surface area contributed by atoms with Gasteiger partial charge in [-0.1, -0.05) is 43.1 Å². The smallest absolute Gasteiger partial charge is 0.227 e. The van der Waals surface area contributed by atoms with E-state index >= 15 is 0 Å². The number of amides is 1. The van der Waals surface area contributed by atoms with Gasteiger partial charge in [-0.25, -0.2) is 8.42 Å². The zero-order valence-corrected chi connectivity index (χ0v) is 17.3. The van der Waals surface area contributed by atoms with Crippen molar-refractivity contribution in [3.63, 3.8) is 0 Å². The molecule has 1 saturated carbocycles. The van der Waals surface area contributed by atoms with E-state index in [4.69, 9.17) is 23.2 Å². The van der Waals surface area contributed by atoms with Crippen molar-refractivity contribution in [1.29, 1.82) is 0 Å². The van der Waals surface area contributed by atoms with Crippen LogP contribution >= 0.6 is 34.5 Å². The molecule has 0 bridgehead atoms. The molecule has 4 nitrogen and oxygen atoms in total. The van der Waals surface area contributed by atoms with Crippen molar-refractivity contribution in [2.75, 3.05) is 11.5 Å². The lowest BCUT2D eigenvalue weighted by Gasteiger charge is -2.28. The number of sulfone groups is 1. The van der Waals surface area contributed by atoms with Crippen LogP contribution in [0.3, 0.4) is 0 Å². The molecule has 2 fully saturated rings. The largest absolute Gasteiger partial charge is 0.333 e. The SMILES string of the molecule is CC1(C)[C@H](C=C(Cl)Cl)[C@H]1C(=O)N(Cc1cccs1)[C@@H]1CCS(=O)(=O)C1. The number of thiophene rings is 1. The minimum atomic E-state index is -3.06. The molecule has 0 spiro atoms. The Morgan fingerprint density at radius 1 is 1.44 bits per heavy atom. The van der Waals surface area contributed by atoms with Crippen molar-refractivity contribution in [1.82, 2.24) is 4.90 Å². The maximum atomic E-state index is 13.3. The molecule has 3 atom stereocenters. The van der Waals surface area contributed by atoms with Gasteiger partial charge in [0.15, 0.2) is 9.84 Å². The van der Waals surface area contributed by atoms with E-state index in [2.05, 4.69) is 0 Å². The van der Waals surface area contributed by atoms with Gasteiger partial charge in [0.2, 0.25) is 5.91 Å². The first kappa shape index (κ1) is 19.2. The van der Waals surface area contributed by atoms with E-state index in [-0.39, 0.29) is 45.2 Å². The predicted molar refractivity (Wildman–Crippen MR) is 102 cm³/mol. The van der Waals surface area contributed by atoms with Gasteiger partial charge < -0.3 is 4.90 Å². The van der Waals surface area contributed by atoms with E-state index in [9.17, 15) is 13.2 Å². The molecule has 0 unspecified atom stereocenters. The summed E-state index contributed by atoms with van der Waals surface area (Å²) < 4.78 is 24.0. The lowest BCUT2D eigenvalue weighted by Crippen LogP contribution is -2.42. The first-order valence-corrected chi connectivity index (χ1v) is 11.6. The molecule has 3 rings (SSSR count). The van der Waals surface area contributed by atoms with Gasteiger partial charge >= 0.3 is 0 Å². The second-order valence-electron chi connectivity index (χ2n) is 7.38. The Kier molecular flexibility index (Phi) is 5.28. The van der Waals surface area contributed by atoms with E-state index < -0.39 is 9.84 Å². The minimum Gasteiger partial charge on any atom is -0.333 e. The third-order valence-corrected chi connectivity index (χ3v) is 8.18. The van der Waals surface area contributed by atoms with Crippen LogP contribution in [0, 0.1) is 17.3 Å². The first-order chi connectivity index (χ1) is 11.6. The molecule has 0 N–H and O–H groups in total. The number of halogens is 2. The molecule has 1 aromatic heterocycles. The van der Waals surface area contributed by atoms with Crippen LogP contribution in [0.25, 0.3) is 0 Å². The fourth-order valence-corrected chi connectivity index (χ4v) is 6.46. The average Bonchev–Trinajstić information content (AvgIpc) is 2.93. The Bertz CT molecular complexity index is 783. The highest BCUT2D eigenvalue weighted by Crippen LogP contribution is 2.60. The molecule has 1 aliphatic heterocycles. The van der Waals surface area contributed by atoms with Crippen molar-refractivity contribution >= 4 is 50.3 Å². The Labute approximate surface area is 162 Å². The van der Waals surface area contributed by atoms with Crippen LogP contribution in [0.4, 0.5) is 0 Å². The molecule has 0 radical (unpaired) electrons. The highest BCUT2D eigenvalue weighted by Gasteiger charge is 2.62. The van der Waals surface area contributed by atoms with Gasteiger partial charge in [-0.3, -0.25) is 4.79 Å². The summed E-state index contributed by atoms with van der Waals surface area (Å²) in [6, 6.07) is 3.65. The maximum Gasteiger partial charge on any atom is 0.227 e. The van der Waals surface area contributed by atoms with E-state index in [1.807, 2.05) is 31.4 Å². The van der Waals surface area contributed by atoms with Crippen LogP contribution in [0.15, 0.2) is 28.1 Å². The maximum absolute atomic E-state index is 13.3. The topological polar surface area (TPSA) is 54.5 Å². The lowest BCUT2D eigenvalue weighted by molar-refractivity contribution is -0.136. The molecule has 0 aromatic carbocycles. The summed E-state index contributed by atoms with van der Waals surface area (Å²) in [6.45, 7) is 4.48. The van der Waals surface area contributed by atoms with Crippen LogP contribution in [0.1, 0.15) is 25.1 Å². The Morgan fingerprint density at radius 3 is 2.68 bits per heavy atom. The predicted octanol–water partition coefficient (Wildman–Crippen LogP) is 3.86. The quantitative estimate of drug-likeness (QED) is 0.724. The Balaban J connectivity index is 1.84.